The third kappa shape index (κ3) is 4.04. The Hall–Kier alpha value is -1.69. The maximum absolute atomic E-state index is 13.8. The van der Waals surface area contributed by atoms with Gasteiger partial charge in [0.2, 0.25) is 0 Å². The number of likely N-dealkylation sites (N-methyl/N-ethyl adjacent to an activating group) is 1. The van der Waals surface area contributed by atoms with Crippen LogP contribution in [-0.2, 0) is 13.1 Å². The molecule has 0 amide bonds. The normalized spacial score (nSPS) is 15.7. The summed E-state index contributed by atoms with van der Waals surface area (Å²) < 4.78 is 13.8. The lowest BCUT2D eigenvalue weighted by atomic mass is 10.2. The summed E-state index contributed by atoms with van der Waals surface area (Å²) in [4.78, 5) is 9.19. The molecule has 1 aromatic heterocycles. The van der Waals surface area contributed by atoms with Crippen molar-refractivity contribution in [2.45, 2.75) is 13.1 Å². The second-order valence-corrected chi connectivity index (χ2v) is 6.49. The Morgan fingerprint density at radius 2 is 1.92 bits per heavy atom. The van der Waals surface area contributed by atoms with Crippen LogP contribution in [0.15, 0.2) is 36.5 Å². The van der Waals surface area contributed by atoms with Gasteiger partial charge in [-0.15, -0.1) is 0 Å². The fourth-order valence-corrected chi connectivity index (χ4v) is 3.12. The summed E-state index contributed by atoms with van der Waals surface area (Å²) in [6.45, 7) is 5.03. The number of nitrogens with one attached hydrogen (secondary N) is 1. The first-order chi connectivity index (χ1) is 11.6. The Morgan fingerprint density at radius 1 is 1.12 bits per heavy atom. The molecule has 1 saturated heterocycles. The molecule has 6 heteroatoms. The van der Waals surface area contributed by atoms with Gasteiger partial charge < -0.3 is 15.1 Å². The molecule has 0 bridgehead atoms. The van der Waals surface area contributed by atoms with Gasteiger partial charge in [-0.3, -0.25) is 0 Å². The second kappa shape index (κ2) is 7.92. The highest BCUT2D eigenvalue weighted by Gasteiger charge is 2.17. The van der Waals surface area contributed by atoms with Crippen molar-refractivity contribution in [3.63, 3.8) is 0 Å². The number of hydrogen-bond acceptors (Lipinski definition) is 4. The van der Waals surface area contributed by atoms with Crippen LogP contribution < -0.4 is 10.2 Å². The topological polar surface area (TPSA) is 31.4 Å². The quantitative estimate of drug-likeness (QED) is 0.900. The average molecular weight is 349 g/mol. The summed E-state index contributed by atoms with van der Waals surface area (Å²) in [6, 6.07) is 8.76. The first-order valence-electron chi connectivity index (χ1n) is 8.16. The van der Waals surface area contributed by atoms with E-state index < -0.39 is 0 Å². The summed E-state index contributed by atoms with van der Waals surface area (Å²) in [5.41, 5.74) is 1.62. The molecule has 2 heterocycles. The summed E-state index contributed by atoms with van der Waals surface area (Å²) in [7, 11) is 2.14. The number of piperazine rings is 1. The number of benzene rings is 1. The third-order valence-corrected chi connectivity index (χ3v) is 4.70. The van der Waals surface area contributed by atoms with Crippen LogP contribution in [0.2, 0.25) is 5.02 Å². The molecule has 1 fully saturated rings. The van der Waals surface area contributed by atoms with Crippen molar-refractivity contribution in [2.75, 3.05) is 38.1 Å². The van der Waals surface area contributed by atoms with Crippen LogP contribution in [0.3, 0.4) is 0 Å². The zero-order valence-corrected chi connectivity index (χ0v) is 14.6. The van der Waals surface area contributed by atoms with Gasteiger partial charge in [0.1, 0.15) is 11.6 Å². The minimum atomic E-state index is -0.277. The molecule has 24 heavy (non-hydrogen) atoms. The lowest BCUT2D eigenvalue weighted by Crippen LogP contribution is -2.45. The Balaban J connectivity index is 1.65. The average Bonchev–Trinajstić information content (AvgIpc) is 2.59. The largest absolute Gasteiger partial charge is 0.354 e. The zero-order chi connectivity index (χ0) is 16.9. The van der Waals surface area contributed by atoms with Crippen LogP contribution in [0.25, 0.3) is 0 Å². The molecule has 1 aliphatic heterocycles. The van der Waals surface area contributed by atoms with Gasteiger partial charge in [-0.25, -0.2) is 9.37 Å². The van der Waals surface area contributed by atoms with Gasteiger partial charge in [0.05, 0.1) is 0 Å². The van der Waals surface area contributed by atoms with Gasteiger partial charge in [-0.1, -0.05) is 23.7 Å². The number of rotatable bonds is 5. The van der Waals surface area contributed by atoms with Crippen molar-refractivity contribution in [2.24, 2.45) is 0 Å². The van der Waals surface area contributed by atoms with Gasteiger partial charge >= 0.3 is 0 Å². The molecule has 1 N–H and O–H groups in total. The number of aromatic nitrogens is 1. The molecular formula is C18H22ClFN4. The summed E-state index contributed by atoms with van der Waals surface area (Å²) >= 11 is 6.07. The highest BCUT2D eigenvalue weighted by molar-refractivity contribution is 6.31. The van der Waals surface area contributed by atoms with Crippen LogP contribution in [0.4, 0.5) is 10.2 Å². The van der Waals surface area contributed by atoms with Gasteiger partial charge in [-0.2, -0.15) is 0 Å². The molecule has 4 nitrogen and oxygen atoms in total. The molecule has 1 aromatic carbocycles. The number of pyridine rings is 1. The smallest absolute Gasteiger partial charge is 0.133 e. The molecule has 0 radical (unpaired) electrons. The van der Waals surface area contributed by atoms with Crippen molar-refractivity contribution in [1.29, 1.82) is 0 Å². The minimum Gasteiger partial charge on any atom is -0.354 e. The van der Waals surface area contributed by atoms with Crippen LogP contribution >= 0.6 is 11.6 Å². The standard InChI is InChI=1S/C18H22ClFN4/c1-23-8-10-24(11-9-23)18-14(4-3-7-22-18)12-21-13-15-16(19)5-2-6-17(15)20/h2-7,21H,8-13H2,1H3. The predicted octanol–water partition coefficient (Wildman–Crippen LogP) is 2.92. The lowest BCUT2D eigenvalue weighted by Gasteiger charge is -2.34. The van der Waals surface area contributed by atoms with E-state index in [0.29, 0.717) is 23.7 Å². The fraction of sp³-hybridized carbons (Fsp3) is 0.389. The maximum Gasteiger partial charge on any atom is 0.133 e. The Labute approximate surface area is 147 Å². The van der Waals surface area contributed by atoms with Crippen molar-refractivity contribution >= 4 is 17.4 Å². The molecule has 1 aliphatic rings. The summed E-state index contributed by atoms with van der Waals surface area (Å²) in [5.74, 6) is 0.734. The fourth-order valence-electron chi connectivity index (χ4n) is 2.89. The molecule has 0 spiro atoms. The maximum atomic E-state index is 13.8. The van der Waals surface area contributed by atoms with E-state index in [-0.39, 0.29) is 5.82 Å². The van der Waals surface area contributed by atoms with E-state index in [4.69, 9.17) is 11.6 Å². The van der Waals surface area contributed by atoms with Crippen molar-refractivity contribution in [3.8, 4) is 0 Å². The highest BCUT2D eigenvalue weighted by Crippen LogP contribution is 2.21. The summed E-state index contributed by atoms with van der Waals surface area (Å²) in [5, 5.41) is 3.74. The van der Waals surface area contributed by atoms with Gasteiger partial charge in [-0.05, 0) is 25.2 Å². The third-order valence-electron chi connectivity index (χ3n) is 4.35. The van der Waals surface area contributed by atoms with Crippen molar-refractivity contribution < 1.29 is 4.39 Å². The van der Waals surface area contributed by atoms with Crippen LogP contribution in [-0.4, -0.2) is 43.1 Å². The van der Waals surface area contributed by atoms with Crippen LogP contribution in [0, 0.1) is 5.82 Å². The number of nitrogens with zero attached hydrogens (tertiary/aromatic N) is 3. The number of anilines is 1. The molecule has 3 rings (SSSR count). The van der Waals surface area contributed by atoms with E-state index in [1.807, 2.05) is 12.3 Å². The number of hydrogen-bond donors (Lipinski definition) is 1. The van der Waals surface area contributed by atoms with E-state index in [1.165, 1.54) is 6.07 Å². The zero-order valence-electron chi connectivity index (χ0n) is 13.8. The monoisotopic (exact) mass is 348 g/mol. The number of halogens is 2. The Kier molecular flexibility index (Phi) is 5.66. The Bertz CT molecular complexity index is 666. The minimum absolute atomic E-state index is 0.277. The van der Waals surface area contributed by atoms with Gasteiger partial charge in [0.25, 0.3) is 0 Å². The molecule has 0 saturated carbocycles. The van der Waals surface area contributed by atoms with Gasteiger partial charge in [0.15, 0.2) is 0 Å². The van der Waals surface area contributed by atoms with E-state index >= 15 is 0 Å². The molecular weight excluding hydrogens is 327 g/mol. The highest BCUT2D eigenvalue weighted by atomic mass is 35.5. The first kappa shape index (κ1) is 17.1. The van der Waals surface area contributed by atoms with E-state index in [1.54, 1.807) is 12.1 Å². The van der Waals surface area contributed by atoms with E-state index in [0.717, 1.165) is 37.6 Å². The molecule has 0 aliphatic carbocycles. The first-order valence-corrected chi connectivity index (χ1v) is 8.54. The van der Waals surface area contributed by atoms with Crippen molar-refractivity contribution in [1.82, 2.24) is 15.2 Å². The van der Waals surface area contributed by atoms with Gasteiger partial charge in [0, 0.05) is 61.6 Å². The SMILES string of the molecule is CN1CCN(c2ncccc2CNCc2c(F)cccc2Cl)CC1. The van der Waals surface area contributed by atoms with E-state index in [9.17, 15) is 4.39 Å². The second-order valence-electron chi connectivity index (χ2n) is 6.08. The molecule has 0 unspecified atom stereocenters. The van der Waals surface area contributed by atoms with Crippen LogP contribution in [0.5, 0.6) is 0 Å². The molecule has 0 atom stereocenters. The predicted molar refractivity (Wildman–Crippen MR) is 95.9 cm³/mol. The Morgan fingerprint density at radius 3 is 2.67 bits per heavy atom. The summed E-state index contributed by atoms with van der Waals surface area (Å²) in [6.07, 6.45) is 1.82. The molecule has 2 aromatic rings. The molecule has 128 valence electrons. The van der Waals surface area contributed by atoms with Crippen molar-refractivity contribution in [3.05, 3.63) is 58.5 Å². The lowest BCUT2D eigenvalue weighted by molar-refractivity contribution is 0.311. The van der Waals surface area contributed by atoms with E-state index in [2.05, 4.69) is 33.2 Å². The van der Waals surface area contributed by atoms with Crippen LogP contribution in [0.1, 0.15) is 11.1 Å².